The maximum absolute atomic E-state index is 11.9. The Bertz CT molecular complexity index is 385. The van der Waals surface area contributed by atoms with Gasteiger partial charge in [-0.25, -0.2) is 9.59 Å². The molecule has 9 heteroatoms. The van der Waals surface area contributed by atoms with Crippen LogP contribution in [0.5, 0.6) is 0 Å². The fraction of sp³-hybridized carbons (Fsp3) is 0.636. The minimum absolute atomic E-state index is 0.195. The summed E-state index contributed by atoms with van der Waals surface area (Å²) in [4.78, 5) is 46.0. The summed E-state index contributed by atoms with van der Waals surface area (Å²) in [6.07, 6.45) is 0.0823. The molecule has 0 aliphatic rings. The molecule has 0 rings (SSSR count). The lowest BCUT2D eigenvalue weighted by molar-refractivity contribution is -0.140. The highest BCUT2D eigenvalue weighted by molar-refractivity contribution is 5.89. The maximum Gasteiger partial charge on any atom is 0.326 e. The predicted octanol–water partition coefficient (Wildman–Crippen LogP) is -1.52. The SMILES string of the molecule is CCCN(CC(=O)NC)C(=O)N[C@H](CC(N)=O)C(=O)O. The number of amides is 4. The van der Waals surface area contributed by atoms with Gasteiger partial charge in [0.25, 0.3) is 0 Å². The van der Waals surface area contributed by atoms with Gasteiger partial charge in [0.1, 0.15) is 12.6 Å². The van der Waals surface area contributed by atoms with Gasteiger partial charge in [0.15, 0.2) is 0 Å². The molecule has 9 nitrogen and oxygen atoms in total. The van der Waals surface area contributed by atoms with Gasteiger partial charge in [-0.3, -0.25) is 9.59 Å². The van der Waals surface area contributed by atoms with Crippen molar-refractivity contribution in [2.75, 3.05) is 20.1 Å². The summed E-state index contributed by atoms with van der Waals surface area (Å²) >= 11 is 0. The Labute approximate surface area is 116 Å². The second-order valence-corrected chi connectivity index (χ2v) is 4.11. The fourth-order valence-electron chi connectivity index (χ4n) is 1.42. The lowest BCUT2D eigenvalue weighted by Gasteiger charge is -2.23. The molecule has 0 saturated heterocycles. The smallest absolute Gasteiger partial charge is 0.326 e. The van der Waals surface area contributed by atoms with Crippen LogP contribution >= 0.6 is 0 Å². The van der Waals surface area contributed by atoms with Crippen LogP contribution in [-0.4, -0.2) is 60.0 Å². The van der Waals surface area contributed by atoms with E-state index in [1.54, 1.807) is 0 Å². The van der Waals surface area contributed by atoms with Crippen molar-refractivity contribution in [1.29, 1.82) is 0 Å². The molecule has 0 saturated carbocycles. The van der Waals surface area contributed by atoms with E-state index in [0.29, 0.717) is 6.42 Å². The third-order valence-electron chi connectivity index (χ3n) is 2.40. The van der Waals surface area contributed by atoms with Gasteiger partial charge in [-0.1, -0.05) is 6.92 Å². The molecule has 20 heavy (non-hydrogen) atoms. The quantitative estimate of drug-likeness (QED) is 0.429. The summed E-state index contributed by atoms with van der Waals surface area (Å²) in [6, 6.07) is -2.15. The average Bonchev–Trinajstić information content (AvgIpc) is 2.36. The number of nitrogens with zero attached hydrogens (tertiary/aromatic N) is 1. The molecule has 0 heterocycles. The Morgan fingerprint density at radius 3 is 2.30 bits per heavy atom. The number of aliphatic carboxylic acids is 1. The van der Waals surface area contributed by atoms with E-state index in [1.165, 1.54) is 7.05 Å². The van der Waals surface area contributed by atoms with Gasteiger partial charge in [0, 0.05) is 13.6 Å². The van der Waals surface area contributed by atoms with Crippen molar-refractivity contribution >= 4 is 23.8 Å². The van der Waals surface area contributed by atoms with Crippen molar-refractivity contribution in [3.8, 4) is 0 Å². The maximum atomic E-state index is 11.9. The summed E-state index contributed by atoms with van der Waals surface area (Å²) in [7, 11) is 1.43. The van der Waals surface area contributed by atoms with E-state index in [4.69, 9.17) is 10.8 Å². The van der Waals surface area contributed by atoms with Crippen molar-refractivity contribution in [2.45, 2.75) is 25.8 Å². The topological polar surface area (TPSA) is 142 Å². The monoisotopic (exact) mass is 288 g/mol. The number of hydrogen-bond acceptors (Lipinski definition) is 4. The summed E-state index contributed by atoms with van der Waals surface area (Å²) in [5.74, 6) is -2.59. The van der Waals surface area contributed by atoms with Gasteiger partial charge in [-0.2, -0.15) is 0 Å². The predicted molar refractivity (Wildman–Crippen MR) is 69.7 cm³/mol. The number of carboxylic acid groups (broad SMARTS) is 1. The van der Waals surface area contributed by atoms with Crippen LogP contribution in [0.1, 0.15) is 19.8 Å². The Balaban J connectivity index is 4.74. The van der Waals surface area contributed by atoms with Crippen molar-refractivity contribution in [3.63, 3.8) is 0 Å². The summed E-state index contributed by atoms with van der Waals surface area (Å²) < 4.78 is 0. The van der Waals surface area contributed by atoms with Crippen LogP contribution < -0.4 is 16.4 Å². The zero-order valence-electron chi connectivity index (χ0n) is 11.5. The number of urea groups is 1. The second-order valence-electron chi connectivity index (χ2n) is 4.11. The number of primary amides is 1. The van der Waals surface area contributed by atoms with E-state index in [0.717, 1.165) is 4.90 Å². The summed E-state index contributed by atoms with van der Waals surface area (Å²) in [6.45, 7) is 1.89. The highest BCUT2D eigenvalue weighted by Gasteiger charge is 2.25. The second kappa shape index (κ2) is 8.73. The van der Waals surface area contributed by atoms with Crippen LogP contribution in [0.15, 0.2) is 0 Å². The number of carbonyl (C=O) groups is 4. The van der Waals surface area contributed by atoms with Crippen LogP contribution in [0.4, 0.5) is 4.79 Å². The standard InChI is InChI=1S/C11H20N4O5/c1-3-4-15(6-9(17)13-2)11(20)14-7(10(18)19)5-8(12)16/h7H,3-6H2,1-2H3,(H2,12,16)(H,13,17)(H,14,20)(H,18,19)/t7-/m1/s1. The molecule has 4 amide bonds. The van der Waals surface area contributed by atoms with E-state index in [-0.39, 0.29) is 19.0 Å². The number of carboxylic acids is 1. The number of carbonyl (C=O) groups excluding carboxylic acids is 3. The van der Waals surface area contributed by atoms with Gasteiger partial charge in [0.05, 0.1) is 6.42 Å². The normalized spacial score (nSPS) is 11.3. The third kappa shape index (κ3) is 6.57. The zero-order valence-corrected chi connectivity index (χ0v) is 11.5. The number of hydrogen-bond donors (Lipinski definition) is 4. The zero-order chi connectivity index (χ0) is 15.7. The first kappa shape index (κ1) is 17.7. The molecule has 0 aromatic carbocycles. The van der Waals surface area contributed by atoms with E-state index < -0.39 is 30.4 Å². The Hall–Kier alpha value is -2.32. The Morgan fingerprint density at radius 1 is 1.30 bits per heavy atom. The van der Waals surface area contributed by atoms with Crippen LogP contribution in [0.3, 0.4) is 0 Å². The third-order valence-corrected chi connectivity index (χ3v) is 2.40. The number of rotatable bonds is 8. The molecule has 0 spiro atoms. The summed E-state index contributed by atoms with van der Waals surface area (Å²) in [5, 5.41) is 13.4. The molecule has 0 aliphatic carbocycles. The van der Waals surface area contributed by atoms with E-state index in [1.807, 2.05) is 6.92 Å². The molecule has 0 fully saturated rings. The molecule has 114 valence electrons. The molecule has 0 aliphatic heterocycles. The molecule has 0 radical (unpaired) electrons. The van der Waals surface area contributed by atoms with Crippen LogP contribution in [-0.2, 0) is 14.4 Å². The highest BCUT2D eigenvalue weighted by atomic mass is 16.4. The molecule has 1 atom stereocenters. The number of nitrogens with one attached hydrogen (secondary N) is 2. The fourth-order valence-corrected chi connectivity index (χ4v) is 1.42. The van der Waals surface area contributed by atoms with E-state index >= 15 is 0 Å². The molecular formula is C11H20N4O5. The van der Waals surface area contributed by atoms with Gasteiger partial charge in [-0.15, -0.1) is 0 Å². The molecular weight excluding hydrogens is 268 g/mol. The van der Waals surface area contributed by atoms with Crippen LogP contribution in [0, 0.1) is 0 Å². The molecule has 0 aromatic rings. The van der Waals surface area contributed by atoms with Crippen molar-refractivity contribution in [3.05, 3.63) is 0 Å². The van der Waals surface area contributed by atoms with Gasteiger partial charge in [0.2, 0.25) is 11.8 Å². The number of nitrogens with two attached hydrogens (primary N) is 1. The van der Waals surface area contributed by atoms with Gasteiger partial charge >= 0.3 is 12.0 Å². The van der Waals surface area contributed by atoms with E-state index in [9.17, 15) is 19.2 Å². The summed E-state index contributed by atoms with van der Waals surface area (Å²) in [5.41, 5.74) is 4.91. The first-order valence-electron chi connectivity index (χ1n) is 6.08. The first-order chi connectivity index (χ1) is 9.31. The highest BCUT2D eigenvalue weighted by Crippen LogP contribution is 1.97. The average molecular weight is 288 g/mol. The number of likely N-dealkylation sites (N-methyl/N-ethyl adjacent to an activating group) is 1. The van der Waals surface area contributed by atoms with Crippen molar-refractivity contribution < 1.29 is 24.3 Å². The molecule has 0 unspecified atom stereocenters. The molecule has 5 N–H and O–H groups in total. The lowest BCUT2D eigenvalue weighted by atomic mass is 10.2. The molecule has 0 aromatic heterocycles. The van der Waals surface area contributed by atoms with Crippen molar-refractivity contribution in [1.82, 2.24) is 15.5 Å². The van der Waals surface area contributed by atoms with Gasteiger partial charge < -0.3 is 26.4 Å². The molecule has 0 bridgehead atoms. The largest absolute Gasteiger partial charge is 0.480 e. The minimum Gasteiger partial charge on any atom is -0.480 e. The van der Waals surface area contributed by atoms with Crippen molar-refractivity contribution in [2.24, 2.45) is 5.73 Å². The van der Waals surface area contributed by atoms with Crippen LogP contribution in [0.25, 0.3) is 0 Å². The lowest BCUT2D eigenvalue weighted by Crippen LogP contribution is -2.51. The Kier molecular flexibility index (Phi) is 7.71. The first-order valence-corrected chi connectivity index (χ1v) is 6.08. The minimum atomic E-state index is -1.41. The Morgan fingerprint density at radius 2 is 1.90 bits per heavy atom. The van der Waals surface area contributed by atoms with Crippen LogP contribution in [0.2, 0.25) is 0 Å². The van der Waals surface area contributed by atoms with E-state index in [2.05, 4.69) is 10.6 Å². The van der Waals surface area contributed by atoms with Gasteiger partial charge in [-0.05, 0) is 6.42 Å².